The highest BCUT2D eigenvalue weighted by Crippen LogP contribution is 2.27. The van der Waals surface area contributed by atoms with E-state index in [-0.39, 0.29) is 0 Å². The number of hydrogen-bond acceptors (Lipinski definition) is 4. The summed E-state index contributed by atoms with van der Waals surface area (Å²) in [4.78, 5) is 4.24. The molecule has 76 valence electrons. The quantitative estimate of drug-likeness (QED) is 0.825. The molecule has 0 spiro atoms. The first-order chi connectivity index (χ1) is 6.75. The van der Waals surface area contributed by atoms with Crippen LogP contribution in [0.25, 0.3) is 0 Å². The van der Waals surface area contributed by atoms with Crippen LogP contribution in [0.2, 0.25) is 0 Å². The maximum atomic E-state index is 9.39. The largest absolute Gasteiger partial charge is 0.389 e. The number of aromatic nitrogens is 1. The second-order valence-corrected chi connectivity index (χ2v) is 4.70. The van der Waals surface area contributed by atoms with Crippen molar-refractivity contribution in [2.75, 3.05) is 13.2 Å². The van der Waals surface area contributed by atoms with Crippen molar-refractivity contribution >= 4 is 11.8 Å². The molecule has 1 saturated heterocycles. The zero-order chi connectivity index (χ0) is 9.97. The minimum absolute atomic E-state index is 0.421. The molecule has 1 N–H and O–H groups in total. The first-order valence-electron chi connectivity index (χ1n) is 4.64. The van der Waals surface area contributed by atoms with Gasteiger partial charge in [-0.1, -0.05) is 11.8 Å². The van der Waals surface area contributed by atoms with Crippen LogP contribution in [0.5, 0.6) is 0 Å². The van der Waals surface area contributed by atoms with E-state index in [4.69, 9.17) is 4.74 Å². The summed E-state index contributed by atoms with van der Waals surface area (Å²) in [5, 5.41) is 10.9. The molecule has 4 heteroatoms. The molecule has 1 atom stereocenters. The van der Waals surface area contributed by atoms with Crippen molar-refractivity contribution in [3.8, 4) is 0 Å². The van der Waals surface area contributed by atoms with Gasteiger partial charge in [0.2, 0.25) is 0 Å². The fourth-order valence-corrected chi connectivity index (χ4v) is 2.20. The molecule has 2 rings (SSSR count). The van der Waals surface area contributed by atoms with Gasteiger partial charge in [0.25, 0.3) is 0 Å². The van der Waals surface area contributed by atoms with Crippen LogP contribution in [0.4, 0.5) is 0 Å². The number of ether oxygens (including phenoxy) is 1. The number of rotatable bonds is 3. The average Bonchev–Trinajstić information content (AvgIpc) is 2.12. The third-order valence-electron chi connectivity index (χ3n) is 2.14. The van der Waals surface area contributed by atoms with E-state index in [9.17, 15) is 5.11 Å². The van der Waals surface area contributed by atoms with Gasteiger partial charge in [0.05, 0.1) is 29.6 Å². The SMILES string of the molecule is CC(O)c1ccnc(SC2COC2)c1. The molecule has 2 heterocycles. The summed E-state index contributed by atoms with van der Waals surface area (Å²) in [6.45, 7) is 3.38. The van der Waals surface area contributed by atoms with Gasteiger partial charge in [-0.25, -0.2) is 4.98 Å². The van der Waals surface area contributed by atoms with Crippen molar-refractivity contribution in [3.05, 3.63) is 23.9 Å². The van der Waals surface area contributed by atoms with Gasteiger partial charge in [-0.2, -0.15) is 0 Å². The van der Waals surface area contributed by atoms with Crippen molar-refractivity contribution < 1.29 is 9.84 Å². The highest BCUT2D eigenvalue weighted by atomic mass is 32.2. The highest BCUT2D eigenvalue weighted by Gasteiger charge is 2.20. The Kier molecular flexibility index (Phi) is 3.05. The van der Waals surface area contributed by atoms with Crippen LogP contribution >= 0.6 is 11.8 Å². The second kappa shape index (κ2) is 4.29. The molecule has 14 heavy (non-hydrogen) atoms. The molecule has 1 aromatic heterocycles. The van der Waals surface area contributed by atoms with E-state index < -0.39 is 6.10 Å². The van der Waals surface area contributed by atoms with Gasteiger partial charge >= 0.3 is 0 Å². The normalized spacial score (nSPS) is 19.0. The molecule has 0 radical (unpaired) electrons. The molecule has 1 unspecified atom stereocenters. The highest BCUT2D eigenvalue weighted by molar-refractivity contribution is 8.00. The number of nitrogens with zero attached hydrogens (tertiary/aromatic N) is 1. The van der Waals surface area contributed by atoms with Gasteiger partial charge in [0.1, 0.15) is 0 Å². The summed E-state index contributed by atoms with van der Waals surface area (Å²) in [7, 11) is 0. The lowest BCUT2D eigenvalue weighted by atomic mass is 10.2. The maximum absolute atomic E-state index is 9.39. The van der Waals surface area contributed by atoms with Gasteiger partial charge in [0, 0.05) is 6.20 Å². The zero-order valence-electron chi connectivity index (χ0n) is 8.01. The average molecular weight is 211 g/mol. The molecule has 3 nitrogen and oxygen atoms in total. The molecular formula is C10H13NO2S. The molecule has 1 aromatic rings. The third-order valence-corrected chi connectivity index (χ3v) is 3.21. The van der Waals surface area contributed by atoms with Crippen molar-refractivity contribution in [2.24, 2.45) is 0 Å². The Morgan fingerprint density at radius 1 is 1.64 bits per heavy atom. The molecule has 1 fully saturated rings. The van der Waals surface area contributed by atoms with Gasteiger partial charge in [-0.05, 0) is 24.6 Å². The maximum Gasteiger partial charge on any atom is 0.0967 e. The minimum Gasteiger partial charge on any atom is -0.389 e. The molecule has 0 bridgehead atoms. The lowest BCUT2D eigenvalue weighted by Gasteiger charge is -2.24. The predicted molar refractivity (Wildman–Crippen MR) is 55.3 cm³/mol. The van der Waals surface area contributed by atoms with E-state index in [2.05, 4.69) is 4.98 Å². The molecule has 0 saturated carbocycles. The standard InChI is InChI=1S/C10H13NO2S/c1-7(12)8-2-3-11-10(4-8)14-9-5-13-6-9/h2-4,7,9,12H,5-6H2,1H3. The van der Waals surface area contributed by atoms with Crippen LogP contribution in [0, 0.1) is 0 Å². The summed E-state index contributed by atoms with van der Waals surface area (Å²) in [5.74, 6) is 0. The van der Waals surface area contributed by atoms with Gasteiger partial charge in [-0.15, -0.1) is 0 Å². The third kappa shape index (κ3) is 2.26. The first-order valence-corrected chi connectivity index (χ1v) is 5.52. The molecular weight excluding hydrogens is 198 g/mol. The fourth-order valence-electron chi connectivity index (χ4n) is 1.20. The zero-order valence-corrected chi connectivity index (χ0v) is 8.83. The monoisotopic (exact) mass is 211 g/mol. The van der Waals surface area contributed by atoms with E-state index in [1.54, 1.807) is 24.9 Å². The predicted octanol–water partition coefficient (Wildman–Crippen LogP) is 1.63. The summed E-state index contributed by atoms with van der Waals surface area (Å²) >= 11 is 1.71. The van der Waals surface area contributed by atoms with E-state index >= 15 is 0 Å². The van der Waals surface area contributed by atoms with Crippen molar-refractivity contribution in [1.29, 1.82) is 0 Å². The minimum atomic E-state index is -0.421. The van der Waals surface area contributed by atoms with Crippen molar-refractivity contribution in [2.45, 2.75) is 23.3 Å². The number of aliphatic hydroxyl groups is 1. The van der Waals surface area contributed by atoms with Gasteiger partial charge in [-0.3, -0.25) is 0 Å². The number of pyridine rings is 1. The van der Waals surface area contributed by atoms with Crippen LogP contribution in [-0.2, 0) is 4.74 Å². The lowest BCUT2D eigenvalue weighted by molar-refractivity contribution is 0.0454. The number of aliphatic hydroxyl groups excluding tert-OH is 1. The molecule has 1 aliphatic heterocycles. The van der Waals surface area contributed by atoms with Gasteiger partial charge in [0.15, 0.2) is 0 Å². The smallest absolute Gasteiger partial charge is 0.0967 e. The van der Waals surface area contributed by atoms with E-state index in [0.717, 1.165) is 23.8 Å². The van der Waals surface area contributed by atoms with E-state index in [1.807, 2.05) is 12.1 Å². The molecule has 0 aliphatic carbocycles. The van der Waals surface area contributed by atoms with Crippen LogP contribution < -0.4 is 0 Å². The summed E-state index contributed by atoms with van der Waals surface area (Å²) in [6, 6.07) is 3.78. The van der Waals surface area contributed by atoms with Crippen molar-refractivity contribution in [1.82, 2.24) is 4.98 Å². The summed E-state index contributed by atoms with van der Waals surface area (Å²) < 4.78 is 5.09. The Labute approximate surface area is 87.5 Å². The fraction of sp³-hybridized carbons (Fsp3) is 0.500. The van der Waals surface area contributed by atoms with Crippen LogP contribution in [-0.4, -0.2) is 28.6 Å². The summed E-state index contributed by atoms with van der Waals surface area (Å²) in [5.41, 5.74) is 0.919. The topological polar surface area (TPSA) is 42.4 Å². The van der Waals surface area contributed by atoms with E-state index in [0.29, 0.717) is 5.25 Å². The number of hydrogen-bond donors (Lipinski definition) is 1. The Morgan fingerprint density at radius 2 is 2.43 bits per heavy atom. The summed E-state index contributed by atoms with van der Waals surface area (Å²) in [6.07, 6.45) is 1.32. The molecule has 0 amide bonds. The van der Waals surface area contributed by atoms with Crippen LogP contribution in [0.3, 0.4) is 0 Å². The number of thioether (sulfide) groups is 1. The lowest BCUT2D eigenvalue weighted by Crippen LogP contribution is -2.30. The second-order valence-electron chi connectivity index (χ2n) is 3.38. The molecule has 0 aromatic carbocycles. The van der Waals surface area contributed by atoms with Crippen LogP contribution in [0.1, 0.15) is 18.6 Å². The van der Waals surface area contributed by atoms with Crippen LogP contribution in [0.15, 0.2) is 23.4 Å². The van der Waals surface area contributed by atoms with E-state index in [1.165, 1.54) is 0 Å². The van der Waals surface area contributed by atoms with Crippen molar-refractivity contribution in [3.63, 3.8) is 0 Å². The van der Waals surface area contributed by atoms with Gasteiger partial charge < -0.3 is 9.84 Å². The first kappa shape index (κ1) is 9.96. The molecule has 1 aliphatic rings. The Bertz CT molecular complexity index is 313. The Morgan fingerprint density at radius 3 is 3.00 bits per heavy atom. The Hall–Kier alpha value is -0.580. The Balaban J connectivity index is 2.05.